The van der Waals surface area contributed by atoms with Gasteiger partial charge in [0.25, 0.3) is 17.7 Å². The first-order valence-corrected chi connectivity index (χ1v) is 10.4. The van der Waals surface area contributed by atoms with Crippen LogP contribution in [0, 0.1) is 11.8 Å². The van der Waals surface area contributed by atoms with Crippen LogP contribution in [0.2, 0.25) is 0 Å². The van der Waals surface area contributed by atoms with Crippen LogP contribution in [0.25, 0.3) is 0 Å². The van der Waals surface area contributed by atoms with Crippen LogP contribution in [0.1, 0.15) is 62.5 Å². The molecule has 2 aromatic rings. The van der Waals surface area contributed by atoms with E-state index in [1.807, 2.05) is 0 Å². The van der Waals surface area contributed by atoms with Crippen molar-refractivity contribution in [2.45, 2.75) is 32.2 Å². The quantitative estimate of drug-likeness (QED) is 0.565. The Morgan fingerprint density at radius 1 is 1.13 bits per heavy atom. The first kappa shape index (κ1) is 20.8. The number of hydrogen-bond donors (Lipinski definition) is 1. The molecule has 1 aliphatic carbocycles. The average Bonchev–Trinajstić information content (AvgIpc) is 3.40. The molecular weight excluding hydrogens is 400 g/mol. The molecule has 3 amide bonds. The maximum atomic E-state index is 12.7. The second kappa shape index (κ2) is 8.75. The predicted molar refractivity (Wildman–Crippen MR) is 109 cm³/mol. The predicted octanol–water partition coefficient (Wildman–Crippen LogP) is 2.79. The number of benzene rings is 1. The van der Waals surface area contributed by atoms with Crippen LogP contribution in [0.4, 0.5) is 0 Å². The molecule has 31 heavy (non-hydrogen) atoms. The van der Waals surface area contributed by atoms with Gasteiger partial charge < -0.3 is 14.5 Å². The topological polar surface area (TPSA) is 106 Å². The monoisotopic (exact) mass is 424 g/mol. The highest BCUT2D eigenvalue weighted by Gasteiger charge is 2.37. The Bertz CT molecular complexity index is 1010. The van der Waals surface area contributed by atoms with Crippen molar-refractivity contribution in [3.05, 3.63) is 59.0 Å². The van der Waals surface area contributed by atoms with Crippen LogP contribution in [0.3, 0.4) is 0 Å². The number of nitrogens with zero attached hydrogens (tertiary/aromatic N) is 1. The summed E-state index contributed by atoms with van der Waals surface area (Å²) >= 11 is 0. The van der Waals surface area contributed by atoms with Crippen LogP contribution >= 0.6 is 0 Å². The number of hydrogen-bond acceptors (Lipinski definition) is 6. The molecule has 162 valence electrons. The minimum Gasteiger partial charge on any atom is -0.469 e. The summed E-state index contributed by atoms with van der Waals surface area (Å²) in [5.74, 6) is -1.14. The summed E-state index contributed by atoms with van der Waals surface area (Å²) in [6.07, 6.45) is 5.06. The van der Waals surface area contributed by atoms with Crippen LogP contribution < -0.4 is 5.32 Å². The molecule has 4 rings (SSSR count). The molecule has 8 nitrogen and oxygen atoms in total. The first-order chi connectivity index (χ1) is 15.0. The van der Waals surface area contributed by atoms with Crippen LogP contribution in [0.5, 0.6) is 0 Å². The summed E-state index contributed by atoms with van der Waals surface area (Å²) in [4.78, 5) is 51.2. The summed E-state index contributed by atoms with van der Waals surface area (Å²) in [5, 5.41) is 2.87. The molecule has 1 N–H and O–H groups in total. The molecule has 8 heteroatoms. The van der Waals surface area contributed by atoms with Crippen molar-refractivity contribution in [3.8, 4) is 0 Å². The highest BCUT2D eigenvalue weighted by atomic mass is 16.5. The third-order valence-corrected chi connectivity index (χ3v) is 6.06. The number of nitrogens with one attached hydrogen (secondary N) is 1. The summed E-state index contributed by atoms with van der Waals surface area (Å²) in [5.41, 5.74) is 0.769. The van der Waals surface area contributed by atoms with Gasteiger partial charge in [0.15, 0.2) is 0 Å². The van der Waals surface area contributed by atoms with Crippen molar-refractivity contribution in [1.29, 1.82) is 0 Å². The Labute approximate surface area is 179 Å². The average molecular weight is 424 g/mol. The maximum Gasteiger partial charge on any atom is 0.309 e. The Morgan fingerprint density at radius 2 is 1.90 bits per heavy atom. The van der Waals surface area contributed by atoms with Crippen molar-refractivity contribution < 1.29 is 28.3 Å². The van der Waals surface area contributed by atoms with Crippen molar-refractivity contribution in [2.75, 3.05) is 13.7 Å². The van der Waals surface area contributed by atoms with Gasteiger partial charge in [-0.1, -0.05) is 12.8 Å². The van der Waals surface area contributed by atoms with E-state index in [0.29, 0.717) is 17.9 Å². The molecule has 2 aliphatic rings. The third kappa shape index (κ3) is 4.10. The number of furan rings is 1. The maximum absolute atomic E-state index is 12.7. The van der Waals surface area contributed by atoms with Gasteiger partial charge in [0.1, 0.15) is 5.76 Å². The number of methoxy groups -OCH3 is 1. The van der Waals surface area contributed by atoms with Gasteiger partial charge in [0, 0.05) is 12.1 Å². The molecule has 1 aromatic heterocycles. The standard InChI is InChI=1S/C23H24N2O6/c1-30-23(29)17-7-3-2-5-15(17)12-24-20(26)14-8-9-18-19(11-14)22(28)25(21(18)27)13-16-6-4-10-31-16/h4,6,8-11,15,17H,2-3,5,7,12-13H2,1H3,(H,24,26). The van der Waals surface area contributed by atoms with Gasteiger partial charge in [0.05, 0.1) is 37.0 Å². The zero-order valence-corrected chi connectivity index (χ0v) is 17.3. The van der Waals surface area contributed by atoms with Crippen LogP contribution in [-0.4, -0.2) is 42.2 Å². The van der Waals surface area contributed by atoms with Crippen molar-refractivity contribution in [3.63, 3.8) is 0 Å². The fraction of sp³-hybridized carbons (Fsp3) is 0.391. The molecular formula is C23H24N2O6. The fourth-order valence-corrected chi connectivity index (χ4v) is 4.37. The smallest absolute Gasteiger partial charge is 0.309 e. The number of esters is 1. The highest BCUT2D eigenvalue weighted by molar-refractivity contribution is 6.22. The molecule has 1 fully saturated rings. The fourth-order valence-electron chi connectivity index (χ4n) is 4.37. The zero-order chi connectivity index (χ0) is 22.0. The van der Waals surface area contributed by atoms with Crippen molar-refractivity contribution in [2.24, 2.45) is 11.8 Å². The molecule has 0 saturated heterocycles. The van der Waals surface area contributed by atoms with E-state index in [0.717, 1.165) is 30.6 Å². The Balaban J connectivity index is 1.44. The van der Waals surface area contributed by atoms with Gasteiger partial charge >= 0.3 is 5.97 Å². The lowest BCUT2D eigenvalue weighted by Gasteiger charge is -2.29. The van der Waals surface area contributed by atoms with E-state index >= 15 is 0 Å². The molecule has 2 heterocycles. The van der Waals surface area contributed by atoms with Crippen molar-refractivity contribution >= 4 is 23.7 Å². The van der Waals surface area contributed by atoms with E-state index < -0.39 is 11.8 Å². The number of amides is 3. The number of ether oxygens (including phenoxy) is 1. The molecule has 0 radical (unpaired) electrons. The number of carbonyl (C=O) groups is 4. The zero-order valence-electron chi connectivity index (χ0n) is 17.3. The molecule has 1 aliphatic heterocycles. The summed E-state index contributed by atoms with van der Waals surface area (Å²) in [7, 11) is 1.38. The largest absolute Gasteiger partial charge is 0.469 e. The molecule has 1 aromatic carbocycles. The Morgan fingerprint density at radius 3 is 2.65 bits per heavy atom. The lowest BCUT2D eigenvalue weighted by atomic mass is 9.79. The van der Waals surface area contributed by atoms with E-state index in [1.54, 1.807) is 12.1 Å². The number of carbonyl (C=O) groups excluding carboxylic acids is 4. The van der Waals surface area contributed by atoms with E-state index in [9.17, 15) is 19.2 Å². The molecule has 0 bridgehead atoms. The minimum absolute atomic E-state index is 0.0200. The number of imide groups is 1. The first-order valence-electron chi connectivity index (χ1n) is 10.4. The van der Waals surface area contributed by atoms with Gasteiger partial charge in [-0.3, -0.25) is 24.1 Å². The summed E-state index contributed by atoms with van der Waals surface area (Å²) in [6, 6.07) is 7.87. The van der Waals surface area contributed by atoms with Crippen LogP contribution in [0.15, 0.2) is 41.0 Å². The summed E-state index contributed by atoms with van der Waals surface area (Å²) in [6.45, 7) is 0.394. The van der Waals surface area contributed by atoms with E-state index in [1.165, 1.54) is 31.6 Å². The molecule has 2 unspecified atom stereocenters. The SMILES string of the molecule is COC(=O)C1CCCCC1CNC(=O)c1ccc2c(c1)C(=O)N(Cc1ccco1)C2=O. The second-order valence-electron chi connectivity index (χ2n) is 7.92. The van der Waals surface area contributed by atoms with Crippen molar-refractivity contribution in [1.82, 2.24) is 10.2 Å². The van der Waals surface area contributed by atoms with Gasteiger partial charge in [-0.25, -0.2) is 0 Å². The van der Waals surface area contributed by atoms with Gasteiger partial charge in [0.2, 0.25) is 0 Å². The lowest BCUT2D eigenvalue weighted by Crippen LogP contribution is -2.37. The van der Waals surface area contributed by atoms with Gasteiger partial charge in [-0.2, -0.15) is 0 Å². The molecule has 2 atom stereocenters. The summed E-state index contributed by atoms with van der Waals surface area (Å²) < 4.78 is 10.1. The lowest BCUT2D eigenvalue weighted by molar-refractivity contribution is -0.148. The van der Waals surface area contributed by atoms with Gasteiger partial charge in [-0.05, 0) is 49.1 Å². The number of fused-ring (bicyclic) bond motifs is 1. The van der Waals surface area contributed by atoms with Gasteiger partial charge in [-0.15, -0.1) is 0 Å². The van der Waals surface area contributed by atoms with E-state index in [-0.39, 0.29) is 41.4 Å². The Kier molecular flexibility index (Phi) is 5.88. The van der Waals surface area contributed by atoms with E-state index in [2.05, 4.69) is 5.32 Å². The normalized spacial score (nSPS) is 20.5. The Hall–Kier alpha value is -3.42. The third-order valence-electron chi connectivity index (χ3n) is 6.06. The van der Waals surface area contributed by atoms with E-state index in [4.69, 9.17) is 9.15 Å². The number of rotatable bonds is 6. The second-order valence-corrected chi connectivity index (χ2v) is 7.92. The minimum atomic E-state index is -0.455. The molecule has 0 spiro atoms. The highest BCUT2D eigenvalue weighted by Crippen LogP contribution is 2.31. The van der Waals surface area contributed by atoms with Crippen LogP contribution in [-0.2, 0) is 16.1 Å². The molecule has 1 saturated carbocycles.